The van der Waals surface area contributed by atoms with Crippen LogP contribution in [0.5, 0.6) is 5.75 Å². The molecule has 1 amide bonds. The van der Waals surface area contributed by atoms with Crippen LogP contribution in [-0.4, -0.2) is 50.2 Å². The Labute approximate surface area is 255 Å². The number of benzene rings is 2. The van der Waals surface area contributed by atoms with Gasteiger partial charge in [0.05, 0.1) is 23.0 Å². The van der Waals surface area contributed by atoms with E-state index in [1.165, 1.54) is 0 Å². The molecule has 2 atom stereocenters. The summed E-state index contributed by atoms with van der Waals surface area (Å²) in [6.07, 6.45) is 5.54. The first kappa shape index (κ1) is 32.2. The summed E-state index contributed by atoms with van der Waals surface area (Å²) in [5.41, 5.74) is 9.08. The van der Waals surface area contributed by atoms with Gasteiger partial charge in [-0.2, -0.15) is 0 Å². The maximum Gasteiger partial charge on any atom is 0.240 e. The Morgan fingerprint density at radius 1 is 1.21 bits per heavy atom. The molecule has 0 saturated heterocycles. The highest BCUT2D eigenvalue weighted by Gasteiger charge is 2.41. The highest BCUT2D eigenvalue weighted by molar-refractivity contribution is 7.89. The van der Waals surface area contributed by atoms with Crippen molar-refractivity contribution in [2.45, 2.75) is 66.2 Å². The first-order chi connectivity index (χ1) is 20.3. The fourth-order valence-corrected chi connectivity index (χ4v) is 6.52. The monoisotopic (exact) mass is 608 g/mol. The Bertz CT molecular complexity index is 1590. The predicted molar refractivity (Wildman–Crippen MR) is 171 cm³/mol. The fraction of sp³-hybridized carbons (Fsp3) is 0.438. The van der Waals surface area contributed by atoms with Crippen LogP contribution in [0.1, 0.15) is 66.5 Å². The van der Waals surface area contributed by atoms with E-state index >= 15 is 0 Å². The van der Waals surface area contributed by atoms with E-state index in [-0.39, 0.29) is 6.10 Å². The van der Waals surface area contributed by atoms with Gasteiger partial charge in [-0.15, -0.1) is 0 Å². The number of sulfonamides is 1. The lowest BCUT2D eigenvalue weighted by molar-refractivity contribution is -0.128. The van der Waals surface area contributed by atoms with Crippen LogP contribution in [0.15, 0.2) is 48.8 Å². The summed E-state index contributed by atoms with van der Waals surface area (Å²) < 4.78 is 32.8. The van der Waals surface area contributed by atoms with E-state index < -0.39 is 27.3 Å². The largest absolute Gasteiger partial charge is 0.489 e. The van der Waals surface area contributed by atoms with Crippen molar-refractivity contribution in [3.63, 3.8) is 0 Å². The van der Waals surface area contributed by atoms with Gasteiger partial charge in [-0.25, -0.2) is 8.42 Å². The summed E-state index contributed by atoms with van der Waals surface area (Å²) in [5, 5.41) is 3.15. The number of carbonyl (C=O) groups is 1. The summed E-state index contributed by atoms with van der Waals surface area (Å²) in [7, 11) is -1.96. The number of rotatable bonds is 10. The molecule has 0 bridgehead atoms. The average Bonchev–Trinajstić information content (AvgIpc) is 3.13. The summed E-state index contributed by atoms with van der Waals surface area (Å²) in [6.45, 7) is 11.8. The molecule has 0 spiro atoms. The second-order valence-corrected chi connectivity index (χ2v) is 13.7. The number of hydrazine groups is 1. The molecule has 43 heavy (non-hydrogen) atoms. The molecule has 1 aliphatic heterocycles. The van der Waals surface area contributed by atoms with E-state index in [1.54, 1.807) is 20.0 Å². The number of nitrogens with two attached hydrogens (primary N) is 1. The van der Waals surface area contributed by atoms with Gasteiger partial charge in [-0.3, -0.25) is 25.2 Å². The second-order valence-electron chi connectivity index (χ2n) is 11.9. The second kappa shape index (κ2) is 12.9. The number of aryl methyl sites for hydroxylation is 1. The molecule has 232 valence electrons. The molecule has 2 aromatic carbocycles. The van der Waals surface area contributed by atoms with Gasteiger partial charge in [0, 0.05) is 50.6 Å². The number of hydrogen-bond donors (Lipinski definition) is 4. The molecule has 10 nitrogen and oxygen atoms in total. The summed E-state index contributed by atoms with van der Waals surface area (Å²) in [6, 6.07) is 12.1. The Morgan fingerprint density at radius 3 is 2.60 bits per heavy atom. The smallest absolute Gasteiger partial charge is 0.240 e. The Morgan fingerprint density at radius 2 is 1.95 bits per heavy atom. The van der Waals surface area contributed by atoms with Gasteiger partial charge >= 0.3 is 0 Å². The third kappa shape index (κ3) is 7.11. The summed E-state index contributed by atoms with van der Waals surface area (Å²) in [5.74, 6) is 5.73. The predicted octanol–water partition coefficient (Wildman–Crippen LogP) is 4.43. The van der Waals surface area contributed by atoms with Gasteiger partial charge in [0.1, 0.15) is 11.9 Å². The van der Waals surface area contributed by atoms with Crippen LogP contribution < -0.4 is 26.0 Å². The molecule has 5 N–H and O–H groups in total. The number of nitrogens with one attached hydrogen (secondary N) is 3. The van der Waals surface area contributed by atoms with Gasteiger partial charge < -0.3 is 15.5 Å². The zero-order valence-corrected chi connectivity index (χ0v) is 26.9. The van der Waals surface area contributed by atoms with E-state index in [9.17, 15) is 13.2 Å². The van der Waals surface area contributed by atoms with E-state index in [0.717, 1.165) is 64.0 Å². The van der Waals surface area contributed by atoms with Crippen molar-refractivity contribution in [3.05, 3.63) is 82.2 Å². The van der Waals surface area contributed by atoms with E-state index in [1.807, 2.05) is 44.4 Å². The Balaban J connectivity index is 1.81. The number of carbonyl (C=O) groups excluding carboxylic acids is 1. The lowest BCUT2D eigenvalue weighted by Crippen LogP contribution is -2.43. The highest BCUT2D eigenvalue weighted by Crippen LogP contribution is 2.45. The summed E-state index contributed by atoms with van der Waals surface area (Å²) >= 11 is 0. The van der Waals surface area contributed by atoms with Gasteiger partial charge in [0.25, 0.3) is 0 Å². The maximum absolute atomic E-state index is 13.6. The molecule has 1 aliphatic rings. The quantitative estimate of drug-likeness (QED) is 0.194. The molecule has 0 radical (unpaired) electrons. The summed E-state index contributed by atoms with van der Waals surface area (Å²) in [4.78, 5) is 20.3. The van der Waals surface area contributed by atoms with Crippen LogP contribution in [0.4, 0.5) is 11.4 Å². The average molecular weight is 609 g/mol. The van der Waals surface area contributed by atoms with Crippen molar-refractivity contribution in [1.82, 2.24) is 14.6 Å². The standard InChI is InChI=1S/C32H44N6O4S/c1-8-25-19-38(18-24-16-35-14-13-28(24)42-25)17-23-15-22(10-9-20(23)2)29(32(4,5)31(39)37-43(7,40)41)26-11-12-27(34-6)30(36-33)21(26)3/h9-16,25,29,34,36H,8,17-19,33H2,1-7H3,(H,37,39)/t25-,29+/m1/s1. The van der Waals surface area contributed by atoms with Gasteiger partial charge in [-0.1, -0.05) is 45.0 Å². The lowest BCUT2D eigenvalue weighted by atomic mass is 9.69. The topological polar surface area (TPSA) is 139 Å². The minimum Gasteiger partial charge on any atom is -0.489 e. The Hall–Kier alpha value is -3.67. The SMILES string of the molecule is CC[C@@H]1CN(Cc2cc([C@@H](c3ccc(NC)c(NN)c3C)C(C)(C)C(=O)NS(C)(=O)=O)ccc2C)Cc2cnccc2O1. The zero-order chi connectivity index (χ0) is 31.5. The van der Waals surface area contributed by atoms with Gasteiger partial charge in [0.2, 0.25) is 15.9 Å². The molecule has 4 rings (SSSR count). The third-order valence-electron chi connectivity index (χ3n) is 8.38. The molecule has 0 unspecified atom stereocenters. The number of anilines is 2. The van der Waals surface area contributed by atoms with Crippen LogP contribution >= 0.6 is 0 Å². The zero-order valence-electron chi connectivity index (χ0n) is 26.1. The molecule has 1 aromatic heterocycles. The minimum absolute atomic E-state index is 0.0500. The molecule has 0 saturated carbocycles. The molecule has 2 heterocycles. The number of amides is 1. The third-order valence-corrected chi connectivity index (χ3v) is 8.94. The van der Waals surface area contributed by atoms with Crippen molar-refractivity contribution >= 4 is 27.3 Å². The van der Waals surface area contributed by atoms with Crippen LogP contribution in [0.25, 0.3) is 0 Å². The number of pyridine rings is 1. The number of nitrogens with zero attached hydrogens (tertiary/aromatic N) is 2. The Kier molecular flexibility index (Phi) is 9.68. The normalized spacial score (nSPS) is 16.4. The first-order valence-electron chi connectivity index (χ1n) is 14.5. The van der Waals surface area contributed by atoms with E-state index in [2.05, 4.69) is 51.3 Å². The van der Waals surface area contributed by atoms with E-state index in [4.69, 9.17) is 10.6 Å². The molecule has 0 aliphatic carbocycles. The number of aromatic nitrogens is 1. The van der Waals surface area contributed by atoms with Crippen molar-refractivity contribution in [2.75, 3.05) is 30.6 Å². The molecule has 11 heteroatoms. The fourth-order valence-electron chi connectivity index (χ4n) is 5.92. The van der Waals surface area contributed by atoms with Crippen molar-refractivity contribution in [2.24, 2.45) is 11.3 Å². The van der Waals surface area contributed by atoms with Gasteiger partial charge in [0.15, 0.2) is 0 Å². The van der Waals surface area contributed by atoms with Gasteiger partial charge in [-0.05, 0) is 60.2 Å². The molecular formula is C32H44N6O4S. The van der Waals surface area contributed by atoms with Crippen molar-refractivity contribution in [3.8, 4) is 5.75 Å². The van der Waals surface area contributed by atoms with Crippen LogP contribution in [0.3, 0.4) is 0 Å². The number of hydrogen-bond acceptors (Lipinski definition) is 9. The first-order valence-corrected chi connectivity index (χ1v) is 16.4. The minimum atomic E-state index is -3.77. The van der Waals surface area contributed by atoms with E-state index in [0.29, 0.717) is 18.8 Å². The van der Waals surface area contributed by atoms with Crippen molar-refractivity contribution < 1.29 is 17.9 Å². The molecule has 0 fully saturated rings. The number of fused-ring (bicyclic) bond motifs is 1. The van der Waals surface area contributed by atoms with Crippen molar-refractivity contribution in [1.29, 1.82) is 0 Å². The molecule has 3 aromatic rings. The van der Waals surface area contributed by atoms with Crippen LogP contribution in [0.2, 0.25) is 0 Å². The van der Waals surface area contributed by atoms with Crippen LogP contribution in [0, 0.1) is 19.3 Å². The highest BCUT2D eigenvalue weighted by atomic mass is 32.2. The molecular weight excluding hydrogens is 564 g/mol. The lowest BCUT2D eigenvalue weighted by Gasteiger charge is -2.36. The number of nitrogen functional groups attached to an aromatic ring is 1. The number of ether oxygens (including phenoxy) is 1. The van der Waals surface area contributed by atoms with Crippen LogP contribution in [-0.2, 0) is 27.9 Å². The maximum atomic E-state index is 13.6.